The van der Waals surface area contributed by atoms with E-state index >= 15 is 0 Å². The number of nitro benzene ring substituents is 1. The number of aromatic nitrogens is 3. The quantitative estimate of drug-likeness (QED) is 0.397. The summed E-state index contributed by atoms with van der Waals surface area (Å²) in [6, 6.07) is 14.2. The Morgan fingerprint density at radius 1 is 1.19 bits per heavy atom. The third-order valence-corrected chi connectivity index (χ3v) is 5.00. The molecule has 27 heavy (non-hydrogen) atoms. The van der Waals surface area contributed by atoms with Crippen LogP contribution in [0.3, 0.4) is 0 Å². The van der Waals surface area contributed by atoms with Crippen LogP contribution in [0.15, 0.2) is 53.7 Å². The molecule has 1 amide bonds. The fraction of sp³-hybridized carbons (Fsp3) is 0.167. The maximum absolute atomic E-state index is 12.2. The topological polar surface area (TPSA) is 103 Å². The largest absolute Gasteiger partial charge is 0.325 e. The molecular formula is C18H17N5O3S. The fourth-order valence-corrected chi connectivity index (χ4v) is 3.26. The lowest BCUT2D eigenvalue weighted by Crippen LogP contribution is -2.15. The van der Waals surface area contributed by atoms with Crippen LogP contribution in [0.4, 0.5) is 11.4 Å². The average molecular weight is 383 g/mol. The second-order valence-electron chi connectivity index (χ2n) is 5.77. The average Bonchev–Trinajstić information content (AvgIpc) is 3.03. The van der Waals surface area contributed by atoms with E-state index in [1.807, 2.05) is 41.9 Å². The third-order valence-electron chi connectivity index (χ3n) is 3.98. The molecule has 1 aromatic heterocycles. The summed E-state index contributed by atoms with van der Waals surface area (Å²) in [5, 5.41) is 22.6. The van der Waals surface area contributed by atoms with Gasteiger partial charge in [-0.3, -0.25) is 14.9 Å². The first kappa shape index (κ1) is 18.6. The van der Waals surface area contributed by atoms with E-state index in [0.717, 1.165) is 5.56 Å². The van der Waals surface area contributed by atoms with E-state index in [4.69, 9.17) is 0 Å². The van der Waals surface area contributed by atoms with Crippen molar-refractivity contribution in [3.05, 3.63) is 64.2 Å². The molecule has 138 valence electrons. The number of nitrogens with zero attached hydrogens (tertiary/aromatic N) is 4. The number of amides is 1. The first-order chi connectivity index (χ1) is 13.0. The van der Waals surface area contributed by atoms with Gasteiger partial charge in [-0.2, -0.15) is 0 Å². The van der Waals surface area contributed by atoms with Crippen LogP contribution >= 0.6 is 11.8 Å². The van der Waals surface area contributed by atoms with Crippen LogP contribution in [0.2, 0.25) is 0 Å². The Kier molecular flexibility index (Phi) is 5.51. The number of thioether (sulfide) groups is 1. The molecule has 0 aliphatic carbocycles. The van der Waals surface area contributed by atoms with E-state index in [1.54, 1.807) is 19.1 Å². The van der Waals surface area contributed by atoms with Gasteiger partial charge < -0.3 is 9.88 Å². The Morgan fingerprint density at radius 3 is 2.63 bits per heavy atom. The van der Waals surface area contributed by atoms with Gasteiger partial charge in [0.25, 0.3) is 5.69 Å². The number of anilines is 1. The molecule has 0 bridgehead atoms. The van der Waals surface area contributed by atoms with Crippen LogP contribution in [-0.4, -0.2) is 31.3 Å². The van der Waals surface area contributed by atoms with Gasteiger partial charge in [-0.25, -0.2) is 0 Å². The van der Waals surface area contributed by atoms with Crippen LogP contribution in [0, 0.1) is 17.0 Å². The fourth-order valence-electron chi connectivity index (χ4n) is 2.55. The van der Waals surface area contributed by atoms with Gasteiger partial charge >= 0.3 is 0 Å². The van der Waals surface area contributed by atoms with Gasteiger partial charge in [0.2, 0.25) is 5.91 Å². The lowest BCUT2D eigenvalue weighted by molar-refractivity contribution is -0.385. The van der Waals surface area contributed by atoms with Crippen molar-refractivity contribution < 1.29 is 9.72 Å². The van der Waals surface area contributed by atoms with Crippen LogP contribution in [0.25, 0.3) is 11.4 Å². The highest BCUT2D eigenvalue weighted by atomic mass is 32.2. The molecule has 9 heteroatoms. The lowest BCUT2D eigenvalue weighted by atomic mass is 10.1. The van der Waals surface area contributed by atoms with Gasteiger partial charge in [-0.05, 0) is 13.0 Å². The van der Waals surface area contributed by atoms with Crippen LogP contribution in [0.5, 0.6) is 0 Å². The van der Waals surface area contributed by atoms with Crippen molar-refractivity contribution in [2.45, 2.75) is 12.1 Å². The Labute approximate surface area is 159 Å². The van der Waals surface area contributed by atoms with Crippen LogP contribution in [0.1, 0.15) is 5.56 Å². The molecule has 0 saturated heterocycles. The number of benzene rings is 2. The normalized spacial score (nSPS) is 10.6. The highest BCUT2D eigenvalue weighted by molar-refractivity contribution is 7.99. The van der Waals surface area contributed by atoms with E-state index in [-0.39, 0.29) is 17.3 Å². The molecular weight excluding hydrogens is 366 g/mol. The minimum atomic E-state index is -0.468. The zero-order valence-electron chi connectivity index (χ0n) is 14.7. The predicted octanol–water partition coefficient (Wildman–Crippen LogP) is 3.43. The highest BCUT2D eigenvalue weighted by Crippen LogP contribution is 2.26. The second kappa shape index (κ2) is 8.00. The third kappa shape index (κ3) is 4.14. The van der Waals surface area contributed by atoms with Crippen molar-refractivity contribution in [1.82, 2.24) is 14.8 Å². The summed E-state index contributed by atoms with van der Waals surface area (Å²) in [6.07, 6.45) is 0. The van der Waals surface area contributed by atoms with Crippen molar-refractivity contribution >= 4 is 29.0 Å². The minimum Gasteiger partial charge on any atom is -0.325 e. The number of hydrogen-bond acceptors (Lipinski definition) is 6. The monoisotopic (exact) mass is 383 g/mol. The second-order valence-corrected chi connectivity index (χ2v) is 6.72. The SMILES string of the molecule is Cc1c(NC(=O)CSc2nnc(-c3ccccc3)n2C)cccc1[N+](=O)[O-]. The molecule has 0 atom stereocenters. The van der Waals surface area contributed by atoms with Crippen molar-refractivity contribution in [1.29, 1.82) is 0 Å². The molecule has 0 fully saturated rings. The molecule has 0 unspecified atom stereocenters. The summed E-state index contributed by atoms with van der Waals surface area (Å²) in [4.78, 5) is 22.8. The van der Waals surface area contributed by atoms with Crippen LogP contribution < -0.4 is 5.32 Å². The molecule has 3 rings (SSSR count). The van der Waals surface area contributed by atoms with Gasteiger partial charge in [0.15, 0.2) is 11.0 Å². The maximum Gasteiger partial charge on any atom is 0.274 e. The summed E-state index contributed by atoms with van der Waals surface area (Å²) in [5.74, 6) is 0.559. The first-order valence-electron chi connectivity index (χ1n) is 8.09. The number of hydrogen-bond donors (Lipinski definition) is 1. The standard InChI is InChI=1S/C18H17N5O3S/c1-12-14(9-6-10-15(12)23(25)26)19-16(24)11-27-18-21-20-17(22(18)2)13-7-4-3-5-8-13/h3-10H,11H2,1-2H3,(H,19,24). The number of nitro groups is 1. The van der Waals surface area contributed by atoms with Crippen molar-refractivity contribution in [2.75, 3.05) is 11.1 Å². The van der Waals surface area contributed by atoms with Gasteiger partial charge in [-0.1, -0.05) is 48.2 Å². The van der Waals surface area contributed by atoms with Crippen molar-refractivity contribution in [3.63, 3.8) is 0 Å². The molecule has 2 aromatic carbocycles. The smallest absolute Gasteiger partial charge is 0.274 e. The molecule has 0 aliphatic rings. The van der Waals surface area contributed by atoms with E-state index in [1.165, 1.54) is 17.8 Å². The number of rotatable bonds is 6. The molecule has 0 aliphatic heterocycles. The molecule has 0 saturated carbocycles. The molecule has 0 spiro atoms. The van der Waals surface area contributed by atoms with E-state index in [2.05, 4.69) is 15.5 Å². The predicted molar refractivity (Wildman–Crippen MR) is 104 cm³/mol. The van der Waals surface area contributed by atoms with Gasteiger partial charge in [-0.15, -0.1) is 10.2 Å². The molecule has 1 heterocycles. The Bertz CT molecular complexity index is 988. The summed E-state index contributed by atoms with van der Waals surface area (Å²) >= 11 is 1.25. The zero-order chi connectivity index (χ0) is 19.4. The number of nitrogens with one attached hydrogen (secondary N) is 1. The first-order valence-corrected chi connectivity index (χ1v) is 9.07. The van der Waals surface area contributed by atoms with Gasteiger partial charge in [0, 0.05) is 18.7 Å². The summed E-state index contributed by atoms with van der Waals surface area (Å²) < 4.78 is 1.83. The molecule has 3 aromatic rings. The number of carbonyl (C=O) groups excluding carboxylic acids is 1. The Morgan fingerprint density at radius 2 is 1.93 bits per heavy atom. The number of carbonyl (C=O) groups is 1. The summed E-state index contributed by atoms with van der Waals surface area (Å²) in [5.41, 5.74) is 1.76. The van der Waals surface area contributed by atoms with E-state index < -0.39 is 4.92 Å². The van der Waals surface area contributed by atoms with Gasteiger partial charge in [0.1, 0.15) is 0 Å². The Balaban J connectivity index is 1.66. The highest BCUT2D eigenvalue weighted by Gasteiger charge is 2.16. The molecule has 1 N–H and O–H groups in total. The van der Waals surface area contributed by atoms with E-state index in [0.29, 0.717) is 22.2 Å². The van der Waals surface area contributed by atoms with Crippen molar-refractivity contribution in [3.8, 4) is 11.4 Å². The molecule has 8 nitrogen and oxygen atoms in total. The van der Waals surface area contributed by atoms with Gasteiger partial charge in [0.05, 0.1) is 21.9 Å². The summed E-state index contributed by atoms with van der Waals surface area (Å²) in [6.45, 7) is 1.61. The van der Waals surface area contributed by atoms with Crippen LogP contribution in [-0.2, 0) is 11.8 Å². The van der Waals surface area contributed by atoms with E-state index in [9.17, 15) is 14.9 Å². The lowest BCUT2D eigenvalue weighted by Gasteiger charge is -2.08. The Hall–Kier alpha value is -3.20. The molecule has 0 radical (unpaired) electrons. The minimum absolute atomic E-state index is 0.0266. The maximum atomic E-state index is 12.2. The zero-order valence-corrected chi connectivity index (χ0v) is 15.6. The van der Waals surface area contributed by atoms with Crippen molar-refractivity contribution in [2.24, 2.45) is 7.05 Å². The summed E-state index contributed by atoms with van der Waals surface area (Å²) in [7, 11) is 1.84.